The van der Waals surface area contributed by atoms with Crippen LogP contribution in [-0.2, 0) is 0 Å². The highest BCUT2D eigenvalue weighted by atomic mass is 19.2. The van der Waals surface area contributed by atoms with Gasteiger partial charge in [-0.15, -0.1) is 0 Å². The van der Waals surface area contributed by atoms with Gasteiger partial charge in [-0.25, -0.2) is 8.78 Å². The molecule has 0 radical (unpaired) electrons. The van der Waals surface area contributed by atoms with E-state index in [1.54, 1.807) is 0 Å². The van der Waals surface area contributed by atoms with E-state index in [0.29, 0.717) is 18.4 Å². The fraction of sp³-hybridized carbons (Fsp3) is 0.600. The molecule has 106 valence electrons. The maximum atomic E-state index is 13.6. The van der Waals surface area contributed by atoms with Gasteiger partial charge < -0.3 is 10.0 Å². The lowest BCUT2D eigenvalue weighted by Crippen LogP contribution is -2.40. The van der Waals surface area contributed by atoms with Gasteiger partial charge in [-0.1, -0.05) is 26.0 Å². The molecule has 1 N–H and O–H groups in total. The quantitative estimate of drug-likeness (QED) is 0.912. The van der Waals surface area contributed by atoms with Crippen LogP contribution in [0, 0.1) is 23.5 Å². The van der Waals surface area contributed by atoms with Gasteiger partial charge in [0.25, 0.3) is 0 Å². The summed E-state index contributed by atoms with van der Waals surface area (Å²) >= 11 is 0. The number of piperidine rings is 1. The lowest BCUT2D eigenvalue weighted by Gasteiger charge is -2.36. The molecule has 4 heteroatoms. The summed E-state index contributed by atoms with van der Waals surface area (Å²) < 4.78 is 26.7. The van der Waals surface area contributed by atoms with Crippen LogP contribution in [0.4, 0.5) is 8.78 Å². The van der Waals surface area contributed by atoms with E-state index in [-0.39, 0.29) is 5.56 Å². The van der Waals surface area contributed by atoms with Gasteiger partial charge in [0.15, 0.2) is 11.6 Å². The Bertz CT molecular complexity index is 438. The van der Waals surface area contributed by atoms with E-state index in [1.807, 2.05) is 0 Å². The van der Waals surface area contributed by atoms with Crippen molar-refractivity contribution in [1.82, 2.24) is 4.90 Å². The summed E-state index contributed by atoms with van der Waals surface area (Å²) in [7, 11) is 0. The molecular formula is C15H21F2NO. The van der Waals surface area contributed by atoms with Crippen molar-refractivity contribution in [2.45, 2.75) is 26.4 Å². The van der Waals surface area contributed by atoms with Gasteiger partial charge in [0.2, 0.25) is 0 Å². The second-order valence-electron chi connectivity index (χ2n) is 5.66. The number of halogens is 2. The Labute approximate surface area is 113 Å². The van der Waals surface area contributed by atoms with Crippen LogP contribution >= 0.6 is 0 Å². The Morgan fingerprint density at radius 2 is 2.05 bits per heavy atom. The van der Waals surface area contributed by atoms with Crippen molar-refractivity contribution < 1.29 is 13.9 Å². The maximum absolute atomic E-state index is 13.6. The van der Waals surface area contributed by atoms with Gasteiger partial charge >= 0.3 is 0 Å². The van der Waals surface area contributed by atoms with Crippen LogP contribution in [0.25, 0.3) is 0 Å². The Morgan fingerprint density at radius 3 is 2.74 bits per heavy atom. The predicted molar refractivity (Wildman–Crippen MR) is 70.7 cm³/mol. The highest BCUT2D eigenvalue weighted by Crippen LogP contribution is 2.25. The van der Waals surface area contributed by atoms with Gasteiger partial charge in [0, 0.05) is 18.7 Å². The normalized spacial score (nSPS) is 26.4. The zero-order valence-electron chi connectivity index (χ0n) is 11.4. The molecule has 0 aliphatic carbocycles. The highest BCUT2D eigenvalue weighted by Gasteiger charge is 2.25. The van der Waals surface area contributed by atoms with Crippen molar-refractivity contribution in [3.8, 4) is 0 Å². The SMILES string of the molecule is CC1CCN(CC(O)c2cccc(F)c2F)CC1C. The topological polar surface area (TPSA) is 23.5 Å². The average molecular weight is 269 g/mol. The summed E-state index contributed by atoms with van der Waals surface area (Å²) in [5.74, 6) is -0.594. The smallest absolute Gasteiger partial charge is 0.164 e. The Balaban J connectivity index is 2.01. The molecule has 0 bridgehead atoms. The van der Waals surface area contributed by atoms with Crippen molar-refractivity contribution in [1.29, 1.82) is 0 Å². The van der Waals surface area contributed by atoms with Crippen LogP contribution in [-0.4, -0.2) is 29.6 Å². The third-order valence-electron chi connectivity index (χ3n) is 4.19. The van der Waals surface area contributed by atoms with Crippen LogP contribution in [0.5, 0.6) is 0 Å². The summed E-state index contributed by atoms with van der Waals surface area (Å²) in [6.07, 6.45) is 0.107. The molecule has 1 fully saturated rings. The minimum absolute atomic E-state index is 0.0475. The van der Waals surface area contributed by atoms with E-state index in [9.17, 15) is 13.9 Å². The van der Waals surface area contributed by atoms with Crippen LogP contribution in [0.2, 0.25) is 0 Å². The zero-order chi connectivity index (χ0) is 14.0. The maximum Gasteiger partial charge on any atom is 0.164 e. The molecule has 1 heterocycles. The second-order valence-corrected chi connectivity index (χ2v) is 5.66. The van der Waals surface area contributed by atoms with E-state index in [1.165, 1.54) is 12.1 Å². The minimum Gasteiger partial charge on any atom is -0.387 e. The molecule has 3 atom stereocenters. The van der Waals surface area contributed by atoms with E-state index in [0.717, 1.165) is 25.6 Å². The number of hydrogen-bond acceptors (Lipinski definition) is 2. The molecule has 0 saturated carbocycles. The molecular weight excluding hydrogens is 248 g/mol. The molecule has 3 unspecified atom stereocenters. The summed E-state index contributed by atoms with van der Waals surface area (Å²) in [5.41, 5.74) is 0.0475. The summed E-state index contributed by atoms with van der Waals surface area (Å²) in [6, 6.07) is 3.94. The number of likely N-dealkylation sites (tertiary alicyclic amines) is 1. The minimum atomic E-state index is -0.976. The van der Waals surface area contributed by atoms with Crippen molar-refractivity contribution in [2.24, 2.45) is 11.8 Å². The van der Waals surface area contributed by atoms with Gasteiger partial charge in [-0.2, -0.15) is 0 Å². The highest BCUT2D eigenvalue weighted by molar-refractivity contribution is 5.21. The van der Waals surface area contributed by atoms with Crippen LogP contribution in [0.1, 0.15) is 31.9 Å². The molecule has 1 aliphatic heterocycles. The number of benzene rings is 1. The van der Waals surface area contributed by atoms with Gasteiger partial charge in [0.1, 0.15) is 0 Å². The lowest BCUT2D eigenvalue weighted by molar-refractivity contribution is 0.0684. The molecule has 1 aromatic carbocycles. The largest absolute Gasteiger partial charge is 0.387 e. The number of hydrogen-bond donors (Lipinski definition) is 1. The molecule has 0 amide bonds. The van der Waals surface area contributed by atoms with Crippen molar-refractivity contribution in [2.75, 3.05) is 19.6 Å². The molecule has 0 spiro atoms. The van der Waals surface area contributed by atoms with Gasteiger partial charge in [-0.3, -0.25) is 0 Å². The predicted octanol–water partition coefficient (Wildman–Crippen LogP) is 2.98. The Morgan fingerprint density at radius 1 is 1.32 bits per heavy atom. The molecule has 2 nitrogen and oxygen atoms in total. The van der Waals surface area contributed by atoms with Gasteiger partial charge in [0.05, 0.1) is 6.10 Å². The number of rotatable bonds is 3. The fourth-order valence-corrected chi connectivity index (χ4v) is 2.64. The molecule has 1 saturated heterocycles. The molecule has 1 aliphatic rings. The van der Waals surface area contributed by atoms with Crippen LogP contribution in [0.15, 0.2) is 18.2 Å². The number of nitrogens with zero attached hydrogens (tertiary/aromatic N) is 1. The lowest BCUT2D eigenvalue weighted by atomic mass is 9.88. The molecule has 1 aromatic rings. The first-order chi connectivity index (χ1) is 8.99. The first-order valence-corrected chi connectivity index (χ1v) is 6.83. The monoisotopic (exact) mass is 269 g/mol. The van der Waals surface area contributed by atoms with Crippen molar-refractivity contribution >= 4 is 0 Å². The van der Waals surface area contributed by atoms with E-state index in [4.69, 9.17) is 0 Å². The number of aliphatic hydroxyl groups excluding tert-OH is 1. The fourth-order valence-electron chi connectivity index (χ4n) is 2.64. The Hall–Kier alpha value is -1.00. The van der Waals surface area contributed by atoms with Crippen molar-refractivity contribution in [3.05, 3.63) is 35.4 Å². The number of aliphatic hydroxyl groups is 1. The third kappa shape index (κ3) is 3.31. The standard InChI is InChI=1S/C15H21F2NO/c1-10-6-7-18(8-11(10)2)9-14(19)12-4-3-5-13(16)15(12)17/h3-5,10-11,14,19H,6-9H2,1-2H3. The molecule has 19 heavy (non-hydrogen) atoms. The molecule has 0 aromatic heterocycles. The van der Waals surface area contributed by atoms with Crippen LogP contribution in [0.3, 0.4) is 0 Å². The average Bonchev–Trinajstić information content (AvgIpc) is 2.37. The third-order valence-corrected chi connectivity index (χ3v) is 4.19. The van der Waals surface area contributed by atoms with Crippen molar-refractivity contribution in [3.63, 3.8) is 0 Å². The zero-order valence-corrected chi connectivity index (χ0v) is 11.4. The van der Waals surface area contributed by atoms with E-state index in [2.05, 4.69) is 18.7 Å². The number of β-amino-alcohol motifs (C(OH)–C–C–N with tert-alkyl or cyclic N) is 1. The molecule has 2 rings (SSSR count). The first-order valence-electron chi connectivity index (χ1n) is 6.83. The van der Waals surface area contributed by atoms with E-state index < -0.39 is 17.7 Å². The second kappa shape index (κ2) is 5.97. The first kappa shape index (κ1) is 14.4. The van der Waals surface area contributed by atoms with E-state index >= 15 is 0 Å². The summed E-state index contributed by atoms with van der Waals surface area (Å²) in [6.45, 7) is 6.57. The van der Waals surface area contributed by atoms with Gasteiger partial charge in [-0.05, 0) is 30.9 Å². The van der Waals surface area contributed by atoms with Crippen LogP contribution < -0.4 is 0 Å². The Kier molecular flexibility index (Phi) is 4.53. The summed E-state index contributed by atoms with van der Waals surface area (Å²) in [4.78, 5) is 2.12. The summed E-state index contributed by atoms with van der Waals surface area (Å²) in [5, 5.41) is 10.1.